The van der Waals surface area contributed by atoms with Gasteiger partial charge < -0.3 is 9.64 Å². The van der Waals surface area contributed by atoms with Gasteiger partial charge in [0.2, 0.25) is 0 Å². The maximum absolute atomic E-state index is 12.2. The van der Waals surface area contributed by atoms with Crippen LogP contribution in [0.15, 0.2) is 30.6 Å². The van der Waals surface area contributed by atoms with Crippen molar-refractivity contribution in [2.75, 3.05) is 13.7 Å². The summed E-state index contributed by atoms with van der Waals surface area (Å²) in [7, 11) is 3.63. The van der Waals surface area contributed by atoms with E-state index in [1.165, 1.54) is 11.1 Å². The Bertz CT molecular complexity index is 677. The van der Waals surface area contributed by atoms with E-state index in [1.54, 1.807) is 22.8 Å². The Hall–Kier alpha value is -2.30. The van der Waals surface area contributed by atoms with Crippen LogP contribution in [0.1, 0.15) is 36.5 Å². The summed E-state index contributed by atoms with van der Waals surface area (Å²) in [6.45, 7) is 6.97. The second kappa shape index (κ2) is 7.31. The maximum Gasteiger partial charge on any atom is 0.260 e. The van der Waals surface area contributed by atoms with Gasteiger partial charge in [-0.3, -0.25) is 9.48 Å². The fraction of sp³-hybridized carbons (Fsp3) is 0.444. The molecule has 0 radical (unpaired) electrons. The molecule has 1 heterocycles. The van der Waals surface area contributed by atoms with E-state index in [0.717, 1.165) is 11.3 Å². The van der Waals surface area contributed by atoms with Gasteiger partial charge in [-0.1, -0.05) is 19.9 Å². The number of nitrogens with zero attached hydrogens (tertiary/aromatic N) is 3. The van der Waals surface area contributed by atoms with E-state index in [-0.39, 0.29) is 12.5 Å². The molecule has 0 aliphatic rings. The van der Waals surface area contributed by atoms with Crippen LogP contribution >= 0.6 is 0 Å². The SMILES string of the molecule is Cc1cc(OCC(=O)N(C)Cc2cnn(C)c2)ccc1C(C)C. The monoisotopic (exact) mass is 315 g/mol. The van der Waals surface area contributed by atoms with Crippen molar-refractivity contribution in [3.05, 3.63) is 47.3 Å². The average molecular weight is 315 g/mol. The molecular formula is C18H25N3O2. The molecule has 5 nitrogen and oxygen atoms in total. The topological polar surface area (TPSA) is 47.4 Å². The molecule has 1 aromatic carbocycles. The quantitative estimate of drug-likeness (QED) is 0.823. The third-order valence-corrected chi connectivity index (χ3v) is 3.83. The predicted octanol–water partition coefficient (Wildman–Crippen LogP) is 2.89. The highest BCUT2D eigenvalue weighted by atomic mass is 16.5. The largest absolute Gasteiger partial charge is 0.484 e. The van der Waals surface area contributed by atoms with E-state index in [0.29, 0.717) is 12.5 Å². The van der Waals surface area contributed by atoms with E-state index < -0.39 is 0 Å². The molecule has 0 bridgehead atoms. The van der Waals surface area contributed by atoms with Crippen LogP contribution in [-0.4, -0.2) is 34.2 Å². The summed E-state index contributed by atoms with van der Waals surface area (Å²) in [6.07, 6.45) is 3.66. The first-order chi connectivity index (χ1) is 10.9. The lowest BCUT2D eigenvalue weighted by Gasteiger charge is -2.17. The summed E-state index contributed by atoms with van der Waals surface area (Å²) in [5.41, 5.74) is 3.49. The lowest BCUT2D eigenvalue weighted by molar-refractivity contribution is -0.132. The molecule has 0 spiro atoms. The van der Waals surface area contributed by atoms with Crippen molar-refractivity contribution in [3.8, 4) is 5.75 Å². The summed E-state index contributed by atoms with van der Waals surface area (Å²) in [6, 6.07) is 5.99. The summed E-state index contributed by atoms with van der Waals surface area (Å²) in [5.74, 6) is 1.16. The molecule has 0 aliphatic heterocycles. The van der Waals surface area contributed by atoms with Crippen LogP contribution in [-0.2, 0) is 18.4 Å². The maximum atomic E-state index is 12.2. The lowest BCUT2D eigenvalue weighted by atomic mass is 9.98. The van der Waals surface area contributed by atoms with Crippen LogP contribution in [0, 0.1) is 6.92 Å². The van der Waals surface area contributed by atoms with Crippen molar-refractivity contribution in [1.29, 1.82) is 0 Å². The van der Waals surface area contributed by atoms with Crippen molar-refractivity contribution in [2.24, 2.45) is 7.05 Å². The minimum absolute atomic E-state index is 0.0389. The fourth-order valence-corrected chi connectivity index (χ4v) is 2.56. The highest BCUT2D eigenvalue weighted by Gasteiger charge is 2.12. The third-order valence-electron chi connectivity index (χ3n) is 3.83. The number of hydrogen-bond acceptors (Lipinski definition) is 3. The van der Waals surface area contributed by atoms with Crippen LogP contribution in [0.5, 0.6) is 5.75 Å². The third kappa shape index (κ3) is 4.58. The number of carbonyl (C=O) groups excluding carboxylic acids is 1. The van der Waals surface area contributed by atoms with Gasteiger partial charge in [-0.15, -0.1) is 0 Å². The number of ether oxygens (including phenoxy) is 1. The Labute approximate surface area is 137 Å². The molecule has 1 amide bonds. The molecule has 0 saturated heterocycles. The second-order valence-corrected chi connectivity index (χ2v) is 6.23. The Morgan fingerprint density at radius 1 is 1.39 bits per heavy atom. The molecule has 2 aromatic rings. The van der Waals surface area contributed by atoms with Gasteiger partial charge in [-0.05, 0) is 36.1 Å². The number of benzene rings is 1. The zero-order valence-electron chi connectivity index (χ0n) is 14.5. The van der Waals surface area contributed by atoms with E-state index in [9.17, 15) is 4.79 Å². The molecule has 2 rings (SSSR count). The molecule has 0 fully saturated rings. The van der Waals surface area contributed by atoms with Gasteiger partial charge in [-0.25, -0.2) is 0 Å². The van der Waals surface area contributed by atoms with E-state index >= 15 is 0 Å². The van der Waals surface area contributed by atoms with Crippen molar-refractivity contribution in [1.82, 2.24) is 14.7 Å². The number of likely N-dealkylation sites (N-methyl/N-ethyl adjacent to an activating group) is 1. The Kier molecular flexibility index (Phi) is 5.42. The molecule has 5 heteroatoms. The fourth-order valence-electron chi connectivity index (χ4n) is 2.56. The molecule has 0 N–H and O–H groups in total. The second-order valence-electron chi connectivity index (χ2n) is 6.23. The highest BCUT2D eigenvalue weighted by molar-refractivity contribution is 5.77. The first-order valence-electron chi connectivity index (χ1n) is 7.81. The average Bonchev–Trinajstić information content (AvgIpc) is 2.89. The van der Waals surface area contributed by atoms with Gasteiger partial charge in [0.25, 0.3) is 5.91 Å². The predicted molar refractivity (Wildman–Crippen MR) is 90.4 cm³/mol. The number of amides is 1. The molecule has 0 unspecified atom stereocenters. The summed E-state index contributed by atoms with van der Waals surface area (Å²) in [5, 5.41) is 4.10. The van der Waals surface area contributed by atoms with Gasteiger partial charge in [0.1, 0.15) is 5.75 Å². The van der Waals surface area contributed by atoms with Gasteiger partial charge >= 0.3 is 0 Å². The normalized spacial score (nSPS) is 10.9. The van der Waals surface area contributed by atoms with Gasteiger partial charge in [0.05, 0.1) is 6.20 Å². The standard InChI is InChI=1S/C18H25N3O2/c1-13(2)17-7-6-16(8-14(17)3)23-12-18(22)20(4)10-15-9-19-21(5)11-15/h6-9,11,13H,10,12H2,1-5H3. The number of carbonyl (C=O) groups is 1. The number of aromatic nitrogens is 2. The van der Waals surface area contributed by atoms with Crippen LogP contribution in [0.2, 0.25) is 0 Å². The molecular weight excluding hydrogens is 290 g/mol. The van der Waals surface area contributed by atoms with Gasteiger partial charge in [0.15, 0.2) is 6.61 Å². The smallest absolute Gasteiger partial charge is 0.260 e. The van der Waals surface area contributed by atoms with Gasteiger partial charge in [0, 0.05) is 32.4 Å². The zero-order valence-corrected chi connectivity index (χ0v) is 14.5. The highest BCUT2D eigenvalue weighted by Crippen LogP contribution is 2.23. The first kappa shape index (κ1) is 17.1. The van der Waals surface area contributed by atoms with Crippen molar-refractivity contribution >= 4 is 5.91 Å². The molecule has 0 saturated carbocycles. The van der Waals surface area contributed by atoms with Crippen LogP contribution in [0.3, 0.4) is 0 Å². The van der Waals surface area contributed by atoms with E-state index in [4.69, 9.17) is 4.74 Å². The van der Waals surface area contributed by atoms with Crippen molar-refractivity contribution in [3.63, 3.8) is 0 Å². The molecule has 124 valence electrons. The Morgan fingerprint density at radius 2 is 2.13 bits per heavy atom. The molecule has 0 atom stereocenters. The Morgan fingerprint density at radius 3 is 2.70 bits per heavy atom. The van der Waals surface area contributed by atoms with Crippen LogP contribution < -0.4 is 4.74 Å². The van der Waals surface area contributed by atoms with Crippen LogP contribution in [0.25, 0.3) is 0 Å². The molecule has 23 heavy (non-hydrogen) atoms. The van der Waals surface area contributed by atoms with E-state index in [1.807, 2.05) is 25.4 Å². The zero-order chi connectivity index (χ0) is 17.0. The Balaban J connectivity index is 1.89. The van der Waals surface area contributed by atoms with E-state index in [2.05, 4.69) is 31.9 Å². The molecule has 1 aromatic heterocycles. The number of aryl methyl sites for hydroxylation is 2. The van der Waals surface area contributed by atoms with Gasteiger partial charge in [-0.2, -0.15) is 5.10 Å². The number of hydrogen-bond donors (Lipinski definition) is 0. The summed E-state index contributed by atoms with van der Waals surface area (Å²) >= 11 is 0. The number of rotatable bonds is 6. The van der Waals surface area contributed by atoms with Crippen LogP contribution in [0.4, 0.5) is 0 Å². The lowest BCUT2D eigenvalue weighted by Crippen LogP contribution is -2.30. The van der Waals surface area contributed by atoms with Crippen molar-refractivity contribution in [2.45, 2.75) is 33.2 Å². The minimum atomic E-state index is -0.0561. The summed E-state index contributed by atoms with van der Waals surface area (Å²) in [4.78, 5) is 13.8. The first-order valence-corrected chi connectivity index (χ1v) is 7.81. The summed E-state index contributed by atoms with van der Waals surface area (Å²) < 4.78 is 7.36. The minimum Gasteiger partial charge on any atom is -0.484 e. The molecule has 0 aliphatic carbocycles. The van der Waals surface area contributed by atoms with Crippen molar-refractivity contribution < 1.29 is 9.53 Å².